The number of nitro benzene ring substituents is 1. The summed E-state index contributed by atoms with van der Waals surface area (Å²) >= 11 is 6.52. The van der Waals surface area contributed by atoms with Crippen molar-refractivity contribution in [3.05, 3.63) is 63.4 Å². The zero-order chi connectivity index (χ0) is 24.4. The van der Waals surface area contributed by atoms with Crippen molar-refractivity contribution >= 4 is 34.6 Å². The van der Waals surface area contributed by atoms with Crippen LogP contribution in [0.2, 0.25) is 5.02 Å². The van der Waals surface area contributed by atoms with Gasteiger partial charge in [0.15, 0.2) is 5.82 Å². The van der Waals surface area contributed by atoms with E-state index in [0.717, 1.165) is 43.0 Å². The molecule has 1 amide bonds. The number of aromatic nitrogens is 3. The maximum atomic E-state index is 13.0. The molecule has 9 nitrogen and oxygen atoms in total. The lowest BCUT2D eigenvalue weighted by molar-refractivity contribution is -0.384. The van der Waals surface area contributed by atoms with Crippen LogP contribution in [0.15, 0.2) is 42.5 Å². The summed E-state index contributed by atoms with van der Waals surface area (Å²) in [6, 6.07) is 12.2. The molecule has 0 bridgehead atoms. The molecule has 0 unspecified atom stereocenters. The number of nitrogens with zero attached hydrogens (tertiary/aromatic N) is 5. The summed E-state index contributed by atoms with van der Waals surface area (Å²) in [5.74, 6) is 1.49. The molecule has 3 heterocycles. The Balaban J connectivity index is 1.27. The maximum absolute atomic E-state index is 13.0. The molecule has 0 aliphatic carbocycles. The Morgan fingerprint density at radius 1 is 1.06 bits per heavy atom. The third-order valence-electron chi connectivity index (χ3n) is 6.87. The molecule has 2 aromatic carbocycles. The number of nitro groups is 1. The molecule has 10 heteroatoms. The van der Waals surface area contributed by atoms with Crippen molar-refractivity contribution in [2.24, 2.45) is 5.92 Å². The monoisotopic (exact) mass is 494 g/mol. The van der Waals surface area contributed by atoms with Gasteiger partial charge in [-0.3, -0.25) is 14.9 Å². The number of carbonyl (C=O) groups is 1. The molecule has 1 aromatic heterocycles. The topological polar surface area (TPSA) is 106 Å². The molecule has 182 valence electrons. The second-order valence-corrected chi connectivity index (χ2v) is 9.50. The van der Waals surface area contributed by atoms with E-state index in [0.29, 0.717) is 42.3 Å². The summed E-state index contributed by atoms with van der Waals surface area (Å²) in [6.45, 7) is 2.03. The highest BCUT2D eigenvalue weighted by molar-refractivity contribution is 6.33. The number of anilines is 2. The van der Waals surface area contributed by atoms with Gasteiger partial charge in [0.25, 0.3) is 5.69 Å². The molecule has 1 fully saturated rings. The van der Waals surface area contributed by atoms with Gasteiger partial charge in [-0.2, -0.15) is 0 Å². The lowest BCUT2D eigenvalue weighted by Crippen LogP contribution is -2.38. The number of carbonyl (C=O) groups excluding carboxylic acids is 1. The van der Waals surface area contributed by atoms with Crippen molar-refractivity contribution in [3.63, 3.8) is 0 Å². The van der Waals surface area contributed by atoms with Crippen LogP contribution in [0.4, 0.5) is 17.1 Å². The van der Waals surface area contributed by atoms with Crippen molar-refractivity contribution in [1.82, 2.24) is 14.8 Å². The van der Waals surface area contributed by atoms with Crippen LogP contribution in [-0.4, -0.2) is 38.7 Å². The quantitative estimate of drug-likeness (QED) is 0.391. The van der Waals surface area contributed by atoms with E-state index in [1.54, 1.807) is 30.3 Å². The predicted octanol–water partition coefficient (Wildman–Crippen LogP) is 5.09. The number of para-hydroxylation sites is 2. The minimum atomic E-state index is -0.361. The molecule has 0 spiro atoms. The summed E-state index contributed by atoms with van der Waals surface area (Å²) in [7, 11) is 0. The first kappa shape index (κ1) is 23.3. The number of fused-ring (bicyclic) bond motifs is 1. The van der Waals surface area contributed by atoms with Gasteiger partial charge in [0.1, 0.15) is 11.5 Å². The largest absolute Gasteiger partial charge is 0.366 e. The van der Waals surface area contributed by atoms with Crippen molar-refractivity contribution in [3.8, 4) is 11.4 Å². The third kappa shape index (κ3) is 4.86. The minimum absolute atomic E-state index is 0.0550. The van der Waals surface area contributed by atoms with Crippen LogP contribution < -0.4 is 10.2 Å². The number of benzene rings is 2. The van der Waals surface area contributed by atoms with E-state index in [1.165, 1.54) is 12.5 Å². The van der Waals surface area contributed by atoms with Gasteiger partial charge in [-0.1, -0.05) is 30.2 Å². The van der Waals surface area contributed by atoms with Crippen molar-refractivity contribution in [2.45, 2.75) is 45.1 Å². The average molecular weight is 495 g/mol. The highest BCUT2D eigenvalue weighted by atomic mass is 35.5. The van der Waals surface area contributed by atoms with Crippen LogP contribution in [0, 0.1) is 16.0 Å². The number of hydrogen-bond donors (Lipinski definition) is 1. The molecule has 1 N–H and O–H groups in total. The number of piperidine rings is 1. The van der Waals surface area contributed by atoms with Crippen LogP contribution in [0.25, 0.3) is 11.4 Å². The van der Waals surface area contributed by atoms with E-state index in [9.17, 15) is 14.9 Å². The summed E-state index contributed by atoms with van der Waals surface area (Å²) in [4.78, 5) is 26.0. The van der Waals surface area contributed by atoms with E-state index < -0.39 is 0 Å². The molecule has 3 aromatic rings. The summed E-state index contributed by atoms with van der Waals surface area (Å²) in [5, 5.41) is 23.7. The van der Waals surface area contributed by atoms with E-state index in [2.05, 4.69) is 20.1 Å². The number of aryl methyl sites for hydroxylation is 1. The molecule has 2 aliphatic heterocycles. The number of halogens is 1. The lowest BCUT2D eigenvalue weighted by atomic mass is 9.95. The molecule has 5 rings (SSSR count). The summed E-state index contributed by atoms with van der Waals surface area (Å²) in [6.07, 6.45) is 5.51. The SMILES string of the molecule is O=C(Nc1ccc(Cl)c(-c2nnc3n2CCCCC3)c1)C1CCN(c2ccccc2[N+](=O)[O-])CC1. The highest BCUT2D eigenvalue weighted by Gasteiger charge is 2.28. The molecule has 0 radical (unpaired) electrons. The summed E-state index contributed by atoms with van der Waals surface area (Å²) in [5.41, 5.74) is 2.12. The fourth-order valence-electron chi connectivity index (χ4n) is 4.97. The van der Waals surface area contributed by atoms with Crippen LogP contribution >= 0.6 is 11.6 Å². The first-order chi connectivity index (χ1) is 17.0. The fourth-order valence-corrected chi connectivity index (χ4v) is 5.17. The minimum Gasteiger partial charge on any atom is -0.366 e. The Kier molecular flexibility index (Phi) is 6.68. The average Bonchev–Trinajstić information content (AvgIpc) is 3.12. The number of rotatable bonds is 5. The fraction of sp³-hybridized carbons (Fsp3) is 0.400. The first-order valence-electron chi connectivity index (χ1n) is 12.0. The van der Waals surface area contributed by atoms with Crippen LogP contribution in [-0.2, 0) is 17.8 Å². The molecule has 35 heavy (non-hydrogen) atoms. The Bertz CT molecular complexity index is 1250. The van der Waals surface area contributed by atoms with E-state index in [-0.39, 0.29) is 22.4 Å². The molecular formula is C25H27ClN6O3. The van der Waals surface area contributed by atoms with Gasteiger partial charge in [-0.25, -0.2) is 0 Å². The lowest BCUT2D eigenvalue weighted by Gasteiger charge is -2.32. The molecular weight excluding hydrogens is 468 g/mol. The van der Waals surface area contributed by atoms with Crippen LogP contribution in [0.3, 0.4) is 0 Å². The summed E-state index contributed by atoms with van der Waals surface area (Å²) < 4.78 is 2.14. The molecule has 0 atom stereocenters. The number of nitrogens with one attached hydrogen (secondary N) is 1. The Labute approximate surface area is 208 Å². The molecule has 1 saturated heterocycles. The highest BCUT2D eigenvalue weighted by Crippen LogP contribution is 2.33. The van der Waals surface area contributed by atoms with Gasteiger partial charge in [0, 0.05) is 49.3 Å². The van der Waals surface area contributed by atoms with Gasteiger partial charge in [-0.15, -0.1) is 10.2 Å². The van der Waals surface area contributed by atoms with E-state index >= 15 is 0 Å². The maximum Gasteiger partial charge on any atom is 0.292 e. The molecule has 2 aliphatic rings. The van der Waals surface area contributed by atoms with Gasteiger partial charge >= 0.3 is 0 Å². The van der Waals surface area contributed by atoms with E-state index in [1.807, 2.05) is 11.0 Å². The zero-order valence-corrected chi connectivity index (χ0v) is 20.1. The van der Waals surface area contributed by atoms with Gasteiger partial charge in [0.05, 0.1) is 9.95 Å². The smallest absolute Gasteiger partial charge is 0.292 e. The van der Waals surface area contributed by atoms with Crippen molar-refractivity contribution in [1.29, 1.82) is 0 Å². The van der Waals surface area contributed by atoms with Gasteiger partial charge in [0.2, 0.25) is 5.91 Å². The second-order valence-electron chi connectivity index (χ2n) is 9.09. The second kappa shape index (κ2) is 10.0. The van der Waals surface area contributed by atoms with Crippen molar-refractivity contribution in [2.75, 3.05) is 23.3 Å². The number of amides is 1. The van der Waals surface area contributed by atoms with Gasteiger partial charge in [-0.05, 0) is 49.9 Å². The van der Waals surface area contributed by atoms with Gasteiger partial charge < -0.3 is 14.8 Å². The Morgan fingerprint density at radius 3 is 2.66 bits per heavy atom. The molecule has 0 saturated carbocycles. The normalized spacial score (nSPS) is 16.4. The Morgan fingerprint density at radius 2 is 1.86 bits per heavy atom. The van der Waals surface area contributed by atoms with Crippen LogP contribution in [0.5, 0.6) is 0 Å². The van der Waals surface area contributed by atoms with E-state index in [4.69, 9.17) is 11.6 Å². The standard InChI is InChI=1S/C25H27ClN6O3/c26-20-10-9-18(16-19(20)24-29-28-23-8-2-1-5-13-31(23)24)27-25(33)17-11-14-30(15-12-17)21-6-3-4-7-22(21)32(34)35/h3-4,6-7,9-10,16-17H,1-2,5,8,11-15H2,(H,27,33). The van der Waals surface area contributed by atoms with Crippen molar-refractivity contribution < 1.29 is 9.72 Å². The zero-order valence-electron chi connectivity index (χ0n) is 19.3. The predicted molar refractivity (Wildman–Crippen MR) is 135 cm³/mol. The number of hydrogen-bond acceptors (Lipinski definition) is 6. The van der Waals surface area contributed by atoms with Crippen LogP contribution in [0.1, 0.15) is 37.9 Å². The Hall–Kier alpha value is -3.46. The first-order valence-corrected chi connectivity index (χ1v) is 12.4. The third-order valence-corrected chi connectivity index (χ3v) is 7.20.